The van der Waals surface area contributed by atoms with E-state index in [2.05, 4.69) is 53.4 Å². The van der Waals surface area contributed by atoms with Crippen LogP contribution in [-0.2, 0) is 9.47 Å². The smallest absolute Gasteiger partial charge is 0.184 e. The molecule has 22 heavy (non-hydrogen) atoms. The molecular formula is C19H21NO2. The van der Waals surface area contributed by atoms with E-state index in [1.54, 1.807) is 0 Å². The molecule has 2 aliphatic rings. The molecule has 0 aliphatic carbocycles. The Morgan fingerprint density at radius 1 is 0.727 bits per heavy atom. The molecule has 114 valence electrons. The van der Waals surface area contributed by atoms with Crippen LogP contribution in [0.5, 0.6) is 0 Å². The molecule has 2 fully saturated rings. The average Bonchev–Trinajstić information content (AvgIpc) is 3.29. The Bertz CT molecular complexity index is 551. The Hall–Kier alpha value is -1.84. The van der Waals surface area contributed by atoms with Gasteiger partial charge in [-0.15, -0.1) is 0 Å². The fraction of sp³-hybridized carbons (Fsp3) is 0.368. The second-order valence-electron chi connectivity index (χ2n) is 5.94. The molecule has 2 aromatic carbocycles. The van der Waals surface area contributed by atoms with Gasteiger partial charge in [0.05, 0.1) is 13.2 Å². The maximum Gasteiger partial charge on any atom is 0.184 e. The van der Waals surface area contributed by atoms with Crippen molar-refractivity contribution in [2.75, 3.05) is 31.2 Å². The minimum Gasteiger partial charge on any atom is -0.372 e. The zero-order valence-electron chi connectivity index (χ0n) is 12.7. The normalized spacial score (nSPS) is 19.0. The monoisotopic (exact) mass is 295 g/mol. The van der Waals surface area contributed by atoms with Gasteiger partial charge in [0, 0.05) is 24.3 Å². The number of anilines is 1. The SMILES string of the molecule is c1cc(C2OCCO2)ccc1-c1ccc(N2CCCC2)cc1. The zero-order valence-corrected chi connectivity index (χ0v) is 12.7. The van der Waals surface area contributed by atoms with E-state index in [9.17, 15) is 0 Å². The summed E-state index contributed by atoms with van der Waals surface area (Å²) >= 11 is 0. The lowest BCUT2D eigenvalue weighted by Crippen LogP contribution is -2.17. The van der Waals surface area contributed by atoms with E-state index in [0.29, 0.717) is 13.2 Å². The summed E-state index contributed by atoms with van der Waals surface area (Å²) < 4.78 is 11.1. The molecule has 2 saturated heterocycles. The lowest BCUT2D eigenvalue weighted by molar-refractivity contribution is -0.0441. The third kappa shape index (κ3) is 2.74. The summed E-state index contributed by atoms with van der Waals surface area (Å²) in [5.41, 5.74) is 4.91. The molecule has 0 bridgehead atoms. The summed E-state index contributed by atoms with van der Waals surface area (Å²) in [6.07, 6.45) is 2.44. The molecule has 0 spiro atoms. The average molecular weight is 295 g/mol. The number of rotatable bonds is 3. The van der Waals surface area contributed by atoms with Crippen LogP contribution in [0.1, 0.15) is 24.7 Å². The number of hydrogen-bond donors (Lipinski definition) is 0. The first-order valence-electron chi connectivity index (χ1n) is 8.09. The number of ether oxygens (including phenoxy) is 2. The molecule has 0 radical (unpaired) electrons. The number of benzene rings is 2. The Balaban J connectivity index is 1.51. The summed E-state index contributed by atoms with van der Waals surface area (Å²) in [6, 6.07) is 17.4. The van der Waals surface area contributed by atoms with E-state index in [4.69, 9.17) is 9.47 Å². The van der Waals surface area contributed by atoms with Gasteiger partial charge in [-0.3, -0.25) is 0 Å². The summed E-state index contributed by atoms with van der Waals surface area (Å²) in [5.74, 6) is 0. The van der Waals surface area contributed by atoms with Gasteiger partial charge in [-0.2, -0.15) is 0 Å². The van der Waals surface area contributed by atoms with Crippen molar-refractivity contribution in [2.24, 2.45) is 0 Å². The molecule has 0 saturated carbocycles. The predicted molar refractivity (Wildman–Crippen MR) is 88.0 cm³/mol. The molecule has 2 aromatic rings. The highest BCUT2D eigenvalue weighted by Crippen LogP contribution is 2.28. The van der Waals surface area contributed by atoms with Gasteiger partial charge in [0.1, 0.15) is 0 Å². The molecule has 0 N–H and O–H groups in total. The molecule has 3 nitrogen and oxygen atoms in total. The Labute approximate surface area is 131 Å². The maximum atomic E-state index is 5.53. The fourth-order valence-corrected chi connectivity index (χ4v) is 3.22. The van der Waals surface area contributed by atoms with E-state index in [1.807, 2.05) is 0 Å². The van der Waals surface area contributed by atoms with Crippen LogP contribution >= 0.6 is 0 Å². The molecular weight excluding hydrogens is 274 g/mol. The van der Waals surface area contributed by atoms with Crippen LogP contribution in [0, 0.1) is 0 Å². The molecule has 0 aromatic heterocycles. The van der Waals surface area contributed by atoms with E-state index in [0.717, 1.165) is 5.56 Å². The molecule has 0 unspecified atom stereocenters. The van der Waals surface area contributed by atoms with Gasteiger partial charge in [-0.25, -0.2) is 0 Å². The van der Waals surface area contributed by atoms with E-state index in [-0.39, 0.29) is 6.29 Å². The third-order valence-electron chi connectivity index (χ3n) is 4.48. The van der Waals surface area contributed by atoms with Crippen molar-refractivity contribution in [1.29, 1.82) is 0 Å². The van der Waals surface area contributed by atoms with Gasteiger partial charge in [-0.05, 0) is 36.1 Å². The Morgan fingerprint density at radius 2 is 1.27 bits per heavy atom. The van der Waals surface area contributed by atoms with Crippen LogP contribution in [0.4, 0.5) is 5.69 Å². The van der Waals surface area contributed by atoms with Crippen LogP contribution in [-0.4, -0.2) is 26.3 Å². The fourth-order valence-electron chi connectivity index (χ4n) is 3.22. The standard InChI is InChI=1S/C19H21NO2/c1-2-12-20(11-1)18-9-7-16(8-10-18)15-3-5-17(6-4-15)19-21-13-14-22-19/h3-10,19H,1-2,11-14H2. The topological polar surface area (TPSA) is 21.7 Å². The lowest BCUT2D eigenvalue weighted by atomic mass is 10.0. The van der Waals surface area contributed by atoms with Gasteiger partial charge in [0.2, 0.25) is 0 Å². The van der Waals surface area contributed by atoms with E-state index < -0.39 is 0 Å². The second-order valence-corrected chi connectivity index (χ2v) is 5.94. The van der Waals surface area contributed by atoms with Crippen molar-refractivity contribution >= 4 is 5.69 Å². The van der Waals surface area contributed by atoms with Gasteiger partial charge in [0.15, 0.2) is 6.29 Å². The zero-order chi connectivity index (χ0) is 14.8. The first-order valence-corrected chi connectivity index (χ1v) is 8.09. The van der Waals surface area contributed by atoms with Crippen LogP contribution in [0.2, 0.25) is 0 Å². The highest BCUT2D eigenvalue weighted by molar-refractivity contribution is 5.66. The van der Waals surface area contributed by atoms with Crippen LogP contribution in [0.25, 0.3) is 11.1 Å². The molecule has 4 rings (SSSR count). The minimum atomic E-state index is -0.188. The quantitative estimate of drug-likeness (QED) is 0.854. The first-order chi connectivity index (χ1) is 10.9. The van der Waals surface area contributed by atoms with Crippen molar-refractivity contribution in [2.45, 2.75) is 19.1 Å². The molecule has 2 heterocycles. The predicted octanol–water partition coefficient (Wildman–Crippen LogP) is 4.00. The summed E-state index contributed by atoms with van der Waals surface area (Å²) in [5, 5.41) is 0. The molecule has 2 aliphatic heterocycles. The van der Waals surface area contributed by atoms with Crippen LogP contribution in [0.3, 0.4) is 0 Å². The number of hydrogen-bond acceptors (Lipinski definition) is 3. The summed E-state index contributed by atoms with van der Waals surface area (Å²) in [4.78, 5) is 2.46. The third-order valence-corrected chi connectivity index (χ3v) is 4.48. The second kappa shape index (κ2) is 6.11. The summed E-state index contributed by atoms with van der Waals surface area (Å²) in [7, 11) is 0. The van der Waals surface area contributed by atoms with E-state index in [1.165, 1.54) is 42.7 Å². The Morgan fingerprint density at radius 3 is 1.86 bits per heavy atom. The first kappa shape index (κ1) is 13.8. The molecule has 0 amide bonds. The van der Waals surface area contributed by atoms with Gasteiger partial charge in [-0.1, -0.05) is 36.4 Å². The lowest BCUT2D eigenvalue weighted by Gasteiger charge is -2.17. The van der Waals surface area contributed by atoms with Gasteiger partial charge < -0.3 is 14.4 Å². The van der Waals surface area contributed by atoms with Gasteiger partial charge >= 0.3 is 0 Å². The summed E-state index contributed by atoms with van der Waals surface area (Å²) in [6.45, 7) is 3.75. The van der Waals surface area contributed by atoms with Crippen molar-refractivity contribution in [1.82, 2.24) is 0 Å². The van der Waals surface area contributed by atoms with Crippen LogP contribution < -0.4 is 4.90 Å². The molecule has 3 heteroatoms. The van der Waals surface area contributed by atoms with Crippen molar-refractivity contribution in [3.8, 4) is 11.1 Å². The molecule has 0 atom stereocenters. The highest BCUT2D eigenvalue weighted by atomic mass is 16.7. The maximum absolute atomic E-state index is 5.53. The number of nitrogens with zero attached hydrogens (tertiary/aromatic N) is 1. The van der Waals surface area contributed by atoms with Crippen molar-refractivity contribution < 1.29 is 9.47 Å². The van der Waals surface area contributed by atoms with Gasteiger partial charge in [0.25, 0.3) is 0 Å². The Kier molecular flexibility index (Phi) is 3.83. The highest BCUT2D eigenvalue weighted by Gasteiger charge is 2.18. The largest absolute Gasteiger partial charge is 0.372 e. The van der Waals surface area contributed by atoms with Crippen molar-refractivity contribution in [3.05, 3.63) is 54.1 Å². The van der Waals surface area contributed by atoms with Crippen LogP contribution in [0.15, 0.2) is 48.5 Å². The van der Waals surface area contributed by atoms with E-state index >= 15 is 0 Å². The van der Waals surface area contributed by atoms with Crippen molar-refractivity contribution in [3.63, 3.8) is 0 Å². The minimum absolute atomic E-state index is 0.188.